The Morgan fingerprint density at radius 2 is 1.82 bits per heavy atom. The molecule has 22 heavy (non-hydrogen) atoms. The van der Waals surface area contributed by atoms with Crippen molar-refractivity contribution in [2.45, 2.75) is 26.7 Å². The van der Waals surface area contributed by atoms with Crippen LogP contribution in [-0.2, 0) is 9.47 Å². The van der Waals surface area contributed by atoms with Crippen LogP contribution in [-0.4, -0.2) is 44.2 Å². The first-order valence-electron chi connectivity index (χ1n) is 8.20. The van der Waals surface area contributed by atoms with Gasteiger partial charge in [-0.1, -0.05) is 13.8 Å². The van der Waals surface area contributed by atoms with Crippen LogP contribution in [0.5, 0.6) is 0 Å². The lowest BCUT2D eigenvalue weighted by atomic mass is 9.92. The van der Waals surface area contributed by atoms with E-state index >= 15 is 0 Å². The Morgan fingerprint density at radius 1 is 1.18 bits per heavy atom. The summed E-state index contributed by atoms with van der Waals surface area (Å²) in [5, 5.41) is 11.2. The Morgan fingerprint density at radius 3 is 2.41 bits per heavy atom. The van der Waals surface area contributed by atoms with Gasteiger partial charge in [-0.3, -0.25) is 0 Å². The molecule has 1 saturated carbocycles. The van der Waals surface area contributed by atoms with E-state index in [0.717, 1.165) is 12.8 Å². The second-order valence-corrected chi connectivity index (χ2v) is 6.40. The molecule has 2 unspecified atom stereocenters. The van der Waals surface area contributed by atoms with Crippen LogP contribution in [0.15, 0.2) is 0 Å². The molecule has 1 fully saturated rings. The molecule has 0 saturated heterocycles. The largest absolute Gasteiger partial charge is 0.449 e. The summed E-state index contributed by atoms with van der Waals surface area (Å²) >= 11 is 0. The predicted octanol–water partition coefficient (Wildman–Crippen LogP) is 1.65. The van der Waals surface area contributed by atoms with Crippen LogP contribution in [0, 0.1) is 41.4 Å². The fourth-order valence-corrected chi connectivity index (χ4v) is 3.61. The van der Waals surface area contributed by atoms with Gasteiger partial charge in [0, 0.05) is 19.4 Å². The number of hydrogen-bond donors (Lipinski definition) is 2. The summed E-state index contributed by atoms with van der Waals surface area (Å²) in [5.41, 5.74) is 0. The summed E-state index contributed by atoms with van der Waals surface area (Å²) in [7, 11) is 0. The molecule has 2 aliphatic carbocycles. The highest BCUT2D eigenvalue weighted by molar-refractivity contribution is 5.67. The highest BCUT2D eigenvalue weighted by atomic mass is 16.5. The van der Waals surface area contributed by atoms with Crippen molar-refractivity contribution in [3.8, 4) is 11.8 Å². The minimum Gasteiger partial charge on any atom is -0.449 e. The first kappa shape index (κ1) is 17.1. The molecule has 0 radical (unpaired) electrons. The van der Waals surface area contributed by atoms with E-state index in [1.54, 1.807) is 0 Å². The molecule has 2 aliphatic rings. The average Bonchev–Trinajstić information content (AvgIpc) is 3.21. The second-order valence-electron chi connectivity index (χ2n) is 6.40. The second kappa shape index (κ2) is 8.40. The van der Waals surface area contributed by atoms with Gasteiger partial charge in [-0.05, 0) is 29.6 Å². The fourth-order valence-electron chi connectivity index (χ4n) is 3.61. The highest BCUT2D eigenvalue weighted by Gasteiger charge is 2.55. The monoisotopic (exact) mass is 309 g/mol. The van der Waals surface area contributed by atoms with Crippen molar-refractivity contribution in [3.63, 3.8) is 0 Å². The molecule has 0 aromatic rings. The van der Waals surface area contributed by atoms with Crippen molar-refractivity contribution in [2.24, 2.45) is 29.6 Å². The normalized spacial score (nSPS) is 32.8. The maximum Gasteiger partial charge on any atom is 0.407 e. The summed E-state index contributed by atoms with van der Waals surface area (Å²) in [4.78, 5) is 11.6. The lowest BCUT2D eigenvalue weighted by molar-refractivity contribution is 0.0899. The van der Waals surface area contributed by atoms with Crippen LogP contribution in [0.25, 0.3) is 0 Å². The van der Waals surface area contributed by atoms with E-state index in [1.807, 2.05) is 0 Å². The van der Waals surface area contributed by atoms with Crippen molar-refractivity contribution in [2.75, 3.05) is 33.0 Å². The van der Waals surface area contributed by atoms with Gasteiger partial charge in [-0.2, -0.15) is 0 Å². The Hall–Kier alpha value is -1.25. The number of ether oxygens (including phenoxy) is 2. The van der Waals surface area contributed by atoms with Gasteiger partial charge in [0.05, 0.1) is 26.4 Å². The number of alkyl carbamates (subject to hydrolysis) is 1. The minimum absolute atomic E-state index is 0.00497. The van der Waals surface area contributed by atoms with Crippen LogP contribution >= 0.6 is 0 Å². The summed E-state index contributed by atoms with van der Waals surface area (Å²) in [6.45, 7) is 6.07. The molecule has 0 bridgehead atoms. The molecule has 5 nitrogen and oxygen atoms in total. The third-order valence-corrected chi connectivity index (χ3v) is 4.74. The van der Waals surface area contributed by atoms with E-state index in [-0.39, 0.29) is 12.7 Å². The standard InChI is InChI=1S/C17H27NO4/c1-12-5-3-4-6-13(2)16-14(15(12)16)11-22-17(20)18-7-9-21-10-8-19/h12-16,19H,5-11H2,1-2H3,(H,18,20)/t12?,13?,14-,15+,16-. The summed E-state index contributed by atoms with van der Waals surface area (Å²) in [6, 6.07) is 0. The number of carbonyl (C=O) groups excluding carboxylic acids is 1. The maximum absolute atomic E-state index is 11.6. The number of hydrogen-bond acceptors (Lipinski definition) is 4. The molecular formula is C17H27NO4. The van der Waals surface area contributed by atoms with Gasteiger partial charge in [0.25, 0.3) is 0 Å². The van der Waals surface area contributed by atoms with Crippen LogP contribution in [0.4, 0.5) is 4.79 Å². The number of fused-ring (bicyclic) bond motifs is 1. The van der Waals surface area contributed by atoms with Crippen LogP contribution in [0.2, 0.25) is 0 Å². The number of amides is 1. The summed E-state index contributed by atoms with van der Waals surface area (Å²) in [5.74, 6) is 9.44. The third-order valence-electron chi connectivity index (χ3n) is 4.74. The predicted molar refractivity (Wildman–Crippen MR) is 83.1 cm³/mol. The first-order valence-corrected chi connectivity index (χ1v) is 8.20. The van der Waals surface area contributed by atoms with Gasteiger partial charge in [-0.25, -0.2) is 4.79 Å². The number of aliphatic hydroxyl groups excluding tert-OH is 1. The van der Waals surface area contributed by atoms with Gasteiger partial charge in [0.1, 0.15) is 0 Å². The fraction of sp³-hybridized carbons (Fsp3) is 0.824. The number of carbonyl (C=O) groups is 1. The third kappa shape index (κ3) is 4.62. The number of nitrogens with one attached hydrogen (secondary N) is 1. The molecule has 0 heterocycles. The molecule has 5 heteroatoms. The number of rotatable bonds is 7. The van der Waals surface area contributed by atoms with E-state index in [0.29, 0.717) is 56.0 Å². The quantitative estimate of drug-likeness (QED) is 0.554. The van der Waals surface area contributed by atoms with E-state index < -0.39 is 0 Å². The Kier molecular flexibility index (Phi) is 6.53. The van der Waals surface area contributed by atoms with Gasteiger partial charge >= 0.3 is 6.09 Å². The lowest BCUT2D eigenvalue weighted by Gasteiger charge is -2.12. The Balaban J connectivity index is 1.66. The topological polar surface area (TPSA) is 67.8 Å². The average molecular weight is 309 g/mol. The molecule has 0 aliphatic heterocycles. The van der Waals surface area contributed by atoms with E-state index in [1.165, 1.54) is 0 Å². The van der Waals surface area contributed by atoms with Gasteiger partial charge in [0.15, 0.2) is 0 Å². The molecule has 0 aromatic heterocycles. The van der Waals surface area contributed by atoms with Gasteiger partial charge in [0.2, 0.25) is 0 Å². The van der Waals surface area contributed by atoms with Gasteiger partial charge in [-0.15, -0.1) is 11.8 Å². The van der Waals surface area contributed by atoms with E-state index in [2.05, 4.69) is 31.0 Å². The zero-order chi connectivity index (χ0) is 15.9. The van der Waals surface area contributed by atoms with Crippen molar-refractivity contribution in [1.82, 2.24) is 5.32 Å². The molecule has 2 rings (SSSR count). The molecule has 2 N–H and O–H groups in total. The molecule has 124 valence electrons. The first-order chi connectivity index (χ1) is 10.6. The molecule has 5 atom stereocenters. The van der Waals surface area contributed by atoms with Gasteiger partial charge < -0.3 is 19.9 Å². The van der Waals surface area contributed by atoms with Crippen LogP contribution < -0.4 is 5.32 Å². The van der Waals surface area contributed by atoms with Crippen molar-refractivity contribution >= 4 is 6.09 Å². The van der Waals surface area contributed by atoms with E-state index in [9.17, 15) is 4.79 Å². The van der Waals surface area contributed by atoms with E-state index in [4.69, 9.17) is 14.6 Å². The number of aliphatic hydroxyl groups is 1. The van der Waals surface area contributed by atoms with Crippen molar-refractivity contribution < 1.29 is 19.4 Å². The smallest absolute Gasteiger partial charge is 0.407 e. The SMILES string of the molecule is CC1CC#CCC(C)[C@H]2[C@@H](COC(=O)NCCOCCO)[C@@H]12. The minimum atomic E-state index is -0.386. The van der Waals surface area contributed by atoms with Crippen molar-refractivity contribution in [1.29, 1.82) is 0 Å². The highest BCUT2D eigenvalue weighted by Crippen LogP contribution is 2.56. The molecule has 0 spiro atoms. The van der Waals surface area contributed by atoms with Crippen LogP contribution in [0.3, 0.4) is 0 Å². The zero-order valence-electron chi connectivity index (χ0n) is 13.5. The molecule has 0 aromatic carbocycles. The lowest BCUT2D eigenvalue weighted by Crippen LogP contribution is -2.29. The summed E-state index contributed by atoms with van der Waals surface area (Å²) in [6.07, 6.45) is 1.53. The van der Waals surface area contributed by atoms with Crippen molar-refractivity contribution in [3.05, 3.63) is 0 Å². The molecule has 1 amide bonds. The van der Waals surface area contributed by atoms with Crippen LogP contribution in [0.1, 0.15) is 26.7 Å². The Bertz CT molecular complexity index is 406. The molecular weight excluding hydrogens is 282 g/mol. The summed E-state index contributed by atoms with van der Waals surface area (Å²) < 4.78 is 10.4. The maximum atomic E-state index is 11.6. The zero-order valence-corrected chi connectivity index (χ0v) is 13.5. The Labute approximate surface area is 132 Å².